The zero-order chi connectivity index (χ0) is 14.7. The molecule has 0 fully saturated rings. The first-order chi connectivity index (χ1) is 9.10. The SMILES string of the molecule is C=C/C(=C\C=C/C)C(=O)c1ccc(C)cc1.CCC. The second kappa shape index (κ2) is 10.1. The molecule has 0 heterocycles. The molecular weight excluding hydrogens is 232 g/mol. The lowest BCUT2D eigenvalue weighted by atomic mass is 10.0. The summed E-state index contributed by atoms with van der Waals surface area (Å²) >= 11 is 0. The Morgan fingerprint density at radius 2 is 1.74 bits per heavy atom. The van der Waals surface area contributed by atoms with Gasteiger partial charge in [0.1, 0.15) is 0 Å². The highest BCUT2D eigenvalue weighted by Gasteiger charge is 2.07. The molecule has 0 amide bonds. The Labute approximate surface area is 117 Å². The van der Waals surface area contributed by atoms with E-state index in [4.69, 9.17) is 0 Å². The van der Waals surface area contributed by atoms with Gasteiger partial charge >= 0.3 is 0 Å². The molecular formula is C18H24O. The molecule has 1 rings (SSSR count). The summed E-state index contributed by atoms with van der Waals surface area (Å²) in [5, 5.41) is 0. The predicted octanol–water partition coefficient (Wildman–Crippen LogP) is 5.28. The third kappa shape index (κ3) is 6.56. The third-order valence-electron chi connectivity index (χ3n) is 2.26. The first-order valence-electron chi connectivity index (χ1n) is 6.67. The van der Waals surface area contributed by atoms with Crippen LogP contribution in [0.5, 0.6) is 0 Å². The molecule has 0 aromatic heterocycles. The summed E-state index contributed by atoms with van der Waals surface area (Å²) in [6.45, 7) is 11.8. The van der Waals surface area contributed by atoms with Gasteiger partial charge in [-0.15, -0.1) is 0 Å². The van der Waals surface area contributed by atoms with Gasteiger partial charge in [0.05, 0.1) is 0 Å². The van der Waals surface area contributed by atoms with Gasteiger partial charge in [0.15, 0.2) is 5.78 Å². The molecule has 0 N–H and O–H groups in total. The maximum absolute atomic E-state index is 12.0. The molecule has 1 aromatic rings. The average Bonchev–Trinajstić information content (AvgIpc) is 2.41. The summed E-state index contributed by atoms with van der Waals surface area (Å²) in [7, 11) is 0. The molecule has 1 aromatic carbocycles. The number of allylic oxidation sites excluding steroid dienone is 5. The zero-order valence-corrected chi connectivity index (χ0v) is 12.4. The fraction of sp³-hybridized carbons (Fsp3) is 0.278. The Balaban J connectivity index is 0.000000982. The monoisotopic (exact) mass is 256 g/mol. The molecule has 0 aliphatic rings. The molecule has 0 bridgehead atoms. The van der Waals surface area contributed by atoms with Crippen LogP contribution in [0, 0.1) is 6.92 Å². The lowest BCUT2D eigenvalue weighted by Gasteiger charge is -2.01. The Morgan fingerprint density at radius 3 is 2.16 bits per heavy atom. The van der Waals surface area contributed by atoms with Gasteiger partial charge in [-0.25, -0.2) is 0 Å². The number of ketones is 1. The van der Waals surface area contributed by atoms with Gasteiger partial charge in [0.2, 0.25) is 0 Å². The van der Waals surface area contributed by atoms with Gasteiger partial charge in [-0.1, -0.05) is 81.0 Å². The van der Waals surface area contributed by atoms with Crippen molar-refractivity contribution in [2.45, 2.75) is 34.1 Å². The summed E-state index contributed by atoms with van der Waals surface area (Å²) in [5.41, 5.74) is 2.46. The number of aryl methyl sites for hydroxylation is 1. The highest BCUT2D eigenvalue weighted by Crippen LogP contribution is 2.10. The predicted molar refractivity (Wildman–Crippen MR) is 84.6 cm³/mol. The maximum atomic E-state index is 12.0. The van der Waals surface area contributed by atoms with Crippen LogP contribution in [0.15, 0.2) is 60.7 Å². The van der Waals surface area contributed by atoms with E-state index >= 15 is 0 Å². The second-order valence-electron chi connectivity index (χ2n) is 4.25. The smallest absolute Gasteiger partial charge is 0.192 e. The van der Waals surface area contributed by atoms with Crippen LogP contribution < -0.4 is 0 Å². The molecule has 0 saturated carbocycles. The van der Waals surface area contributed by atoms with Crippen molar-refractivity contribution in [3.63, 3.8) is 0 Å². The molecule has 0 saturated heterocycles. The standard InChI is InChI=1S/C15H16O.C3H8/c1-4-6-7-13(5-2)15(16)14-10-8-12(3)9-11-14;1-3-2/h4-11H,2H2,1,3H3;3H2,1-2H3/b6-4-,13-7+;. The van der Waals surface area contributed by atoms with E-state index in [2.05, 4.69) is 20.4 Å². The topological polar surface area (TPSA) is 17.1 Å². The van der Waals surface area contributed by atoms with Gasteiger partial charge in [-0.3, -0.25) is 4.79 Å². The number of hydrogen-bond donors (Lipinski definition) is 0. The van der Waals surface area contributed by atoms with E-state index in [0.717, 1.165) is 5.56 Å². The highest BCUT2D eigenvalue weighted by molar-refractivity contribution is 6.10. The van der Waals surface area contributed by atoms with Crippen LogP contribution in [-0.2, 0) is 0 Å². The van der Waals surface area contributed by atoms with Gasteiger partial charge < -0.3 is 0 Å². The van der Waals surface area contributed by atoms with Crippen LogP contribution in [0.4, 0.5) is 0 Å². The lowest BCUT2D eigenvalue weighted by Crippen LogP contribution is -2.00. The number of hydrogen-bond acceptors (Lipinski definition) is 1. The molecule has 1 nitrogen and oxygen atoms in total. The largest absolute Gasteiger partial charge is 0.289 e. The van der Waals surface area contributed by atoms with Crippen molar-refractivity contribution in [2.24, 2.45) is 0 Å². The summed E-state index contributed by atoms with van der Waals surface area (Å²) in [6, 6.07) is 7.54. The van der Waals surface area contributed by atoms with E-state index in [9.17, 15) is 4.79 Å². The highest BCUT2D eigenvalue weighted by atomic mass is 16.1. The second-order valence-corrected chi connectivity index (χ2v) is 4.25. The average molecular weight is 256 g/mol. The quantitative estimate of drug-likeness (QED) is 0.407. The van der Waals surface area contributed by atoms with Crippen molar-refractivity contribution >= 4 is 5.78 Å². The van der Waals surface area contributed by atoms with Crippen molar-refractivity contribution < 1.29 is 4.79 Å². The Kier molecular flexibility index (Phi) is 9.07. The van der Waals surface area contributed by atoms with Crippen molar-refractivity contribution in [3.8, 4) is 0 Å². The van der Waals surface area contributed by atoms with E-state index in [0.29, 0.717) is 11.1 Å². The maximum Gasteiger partial charge on any atom is 0.192 e. The van der Waals surface area contributed by atoms with Gasteiger partial charge in [-0.2, -0.15) is 0 Å². The molecule has 19 heavy (non-hydrogen) atoms. The van der Waals surface area contributed by atoms with Crippen LogP contribution in [0.2, 0.25) is 0 Å². The molecule has 102 valence electrons. The lowest BCUT2D eigenvalue weighted by molar-refractivity contribution is 0.103. The van der Waals surface area contributed by atoms with Crippen LogP contribution in [0.3, 0.4) is 0 Å². The van der Waals surface area contributed by atoms with Crippen molar-refractivity contribution in [3.05, 3.63) is 71.8 Å². The number of rotatable bonds is 4. The van der Waals surface area contributed by atoms with E-state index in [1.54, 1.807) is 12.2 Å². The van der Waals surface area contributed by atoms with E-state index < -0.39 is 0 Å². The summed E-state index contributed by atoms with van der Waals surface area (Å²) in [4.78, 5) is 12.0. The number of Topliss-reactive ketones (excluding diaryl/α,β-unsaturated/α-hetero) is 1. The van der Waals surface area contributed by atoms with E-state index in [1.165, 1.54) is 6.42 Å². The first-order valence-corrected chi connectivity index (χ1v) is 6.67. The Morgan fingerprint density at radius 1 is 1.21 bits per heavy atom. The molecule has 0 spiro atoms. The number of carbonyl (C=O) groups is 1. The summed E-state index contributed by atoms with van der Waals surface area (Å²) in [5.74, 6) is 0.00750. The van der Waals surface area contributed by atoms with Crippen molar-refractivity contribution in [1.29, 1.82) is 0 Å². The van der Waals surface area contributed by atoms with Crippen LogP contribution in [0.25, 0.3) is 0 Å². The van der Waals surface area contributed by atoms with Gasteiger partial charge in [0, 0.05) is 11.1 Å². The minimum Gasteiger partial charge on any atom is -0.289 e. The summed E-state index contributed by atoms with van der Waals surface area (Å²) < 4.78 is 0. The third-order valence-corrected chi connectivity index (χ3v) is 2.26. The van der Waals surface area contributed by atoms with Crippen molar-refractivity contribution in [1.82, 2.24) is 0 Å². The molecule has 0 unspecified atom stereocenters. The van der Waals surface area contributed by atoms with Gasteiger partial charge in [0.25, 0.3) is 0 Å². The number of benzene rings is 1. The number of carbonyl (C=O) groups excluding carboxylic acids is 1. The van der Waals surface area contributed by atoms with E-state index in [1.807, 2.05) is 50.3 Å². The molecule has 0 aliphatic carbocycles. The minimum atomic E-state index is 0.00750. The van der Waals surface area contributed by atoms with E-state index in [-0.39, 0.29) is 5.78 Å². The fourth-order valence-corrected chi connectivity index (χ4v) is 1.31. The summed E-state index contributed by atoms with van der Waals surface area (Å²) in [6.07, 6.45) is 8.33. The fourth-order valence-electron chi connectivity index (χ4n) is 1.31. The van der Waals surface area contributed by atoms with Crippen molar-refractivity contribution in [2.75, 3.05) is 0 Å². The zero-order valence-electron chi connectivity index (χ0n) is 12.4. The molecule has 1 heteroatoms. The Hall–Kier alpha value is -1.89. The minimum absolute atomic E-state index is 0.00750. The Bertz CT molecular complexity index is 447. The normalized spacial score (nSPS) is 10.8. The molecule has 0 radical (unpaired) electrons. The van der Waals surface area contributed by atoms with Crippen LogP contribution >= 0.6 is 0 Å². The molecule has 0 atom stereocenters. The first kappa shape index (κ1) is 17.1. The molecule has 0 aliphatic heterocycles. The van der Waals surface area contributed by atoms with Gasteiger partial charge in [-0.05, 0) is 13.8 Å². The van der Waals surface area contributed by atoms with Crippen LogP contribution in [-0.4, -0.2) is 5.78 Å². The van der Waals surface area contributed by atoms with Crippen LogP contribution in [0.1, 0.15) is 43.1 Å².